The van der Waals surface area contributed by atoms with Gasteiger partial charge in [-0.05, 0) is 44.7 Å². The van der Waals surface area contributed by atoms with Crippen molar-refractivity contribution in [2.24, 2.45) is 11.8 Å². The van der Waals surface area contributed by atoms with E-state index < -0.39 is 0 Å². The van der Waals surface area contributed by atoms with Crippen molar-refractivity contribution in [2.45, 2.75) is 38.6 Å². The Kier molecular flexibility index (Phi) is 3.66. The zero-order valence-electron chi connectivity index (χ0n) is 10.9. The standard InChI is InChI=1S/C14H23N3O/c18-10-12-1-2-14-16-13(9-17(14)8-12)7-11-3-5-15-6-4-11/h9,11-12,15,18H,1-8,10H2. The summed E-state index contributed by atoms with van der Waals surface area (Å²) in [6, 6.07) is 0. The Morgan fingerprint density at radius 1 is 1.28 bits per heavy atom. The number of fused-ring (bicyclic) bond motifs is 1. The van der Waals surface area contributed by atoms with Crippen LogP contribution >= 0.6 is 0 Å². The van der Waals surface area contributed by atoms with Crippen LogP contribution in [0.25, 0.3) is 0 Å². The van der Waals surface area contributed by atoms with Gasteiger partial charge in [-0.25, -0.2) is 4.98 Å². The molecule has 3 rings (SSSR count). The van der Waals surface area contributed by atoms with Gasteiger partial charge in [-0.2, -0.15) is 0 Å². The first-order valence-corrected chi connectivity index (χ1v) is 7.21. The minimum Gasteiger partial charge on any atom is -0.396 e. The van der Waals surface area contributed by atoms with Crippen molar-refractivity contribution in [1.82, 2.24) is 14.9 Å². The molecule has 3 heterocycles. The number of nitrogens with zero attached hydrogens (tertiary/aromatic N) is 2. The molecule has 0 bridgehead atoms. The van der Waals surface area contributed by atoms with E-state index >= 15 is 0 Å². The van der Waals surface area contributed by atoms with Crippen LogP contribution in [0.5, 0.6) is 0 Å². The predicted octanol–water partition coefficient (Wildman–Crippen LogP) is 0.980. The third-order valence-electron chi connectivity index (χ3n) is 4.35. The number of piperidine rings is 1. The molecule has 1 aromatic heterocycles. The van der Waals surface area contributed by atoms with Crippen LogP contribution in [0.1, 0.15) is 30.8 Å². The summed E-state index contributed by atoms with van der Waals surface area (Å²) >= 11 is 0. The highest BCUT2D eigenvalue weighted by Crippen LogP contribution is 2.22. The average molecular weight is 249 g/mol. The summed E-state index contributed by atoms with van der Waals surface area (Å²) < 4.78 is 2.26. The molecule has 2 N–H and O–H groups in total. The Bertz CT molecular complexity index is 396. The summed E-state index contributed by atoms with van der Waals surface area (Å²) in [7, 11) is 0. The normalized spacial score (nSPS) is 25.1. The number of hydrogen-bond donors (Lipinski definition) is 2. The fourth-order valence-electron chi connectivity index (χ4n) is 3.20. The second kappa shape index (κ2) is 5.41. The molecule has 0 aromatic carbocycles. The fourth-order valence-corrected chi connectivity index (χ4v) is 3.20. The summed E-state index contributed by atoms with van der Waals surface area (Å²) in [6.45, 7) is 3.57. The van der Waals surface area contributed by atoms with Gasteiger partial charge in [0, 0.05) is 31.7 Å². The molecule has 0 radical (unpaired) electrons. The molecule has 4 nitrogen and oxygen atoms in total. The van der Waals surface area contributed by atoms with Crippen LogP contribution in [-0.2, 0) is 19.4 Å². The molecule has 0 saturated carbocycles. The first-order chi connectivity index (χ1) is 8.85. The highest BCUT2D eigenvalue weighted by Gasteiger charge is 2.21. The van der Waals surface area contributed by atoms with Crippen molar-refractivity contribution in [3.05, 3.63) is 17.7 Å². The number of nitrogens with one attached hydrogen (secondary N) is 1. The largest absolute Gasteiger partial charge is 0.396 e. The monoisotopic (exact) mass is 249 g/mol. The molecule has 1 atom stereocenters. The van der Waals surface area contributed by atoms with Gasteiger partial charge >= 0.3 is 0 Å². The number of aryl methyl sites for hydroxylation is 1. The summed E-state index contributed by atoms with van der Waals surface area (Å²) in [5.74, 6) is 2.46. The molecule has 0 spiro atoms. The third kappa shape index (κ3) is 2.59. The number of aromatic nitrogens is 2. The molecule has 2 aliphatic rings. The number of hydrogen-bond acceptors (Lipinski definition) is 3. The van der Waals surface area contributed by atoms with E-state index in [9.17, 15) is 5.11 Å². The molecule has 1 saturated heterocycles. The van der Waals surface area contributed by atoms with E-state index in [0.29, 0.717) is 12.5 Å². The SMILES string of the molecule is OCC1CCc2nc(CC3CCNCC3)cn2C1. The first-order valence-electron chi connectivity index (χ1n) is 7.21. The van der Waals surface area contributed by atoms with E-state index in [4.69, 9.17) is 4.98 Å². The lowest BCUT2D eigenvalue weighted by Gasteiger charge is -2.21. The molecule has 2 aliphatic heterocycles. The van der Waals surface area contributed by atoms with Crippen molar-refractivity contribution in [3.8, 4) is 0 Å². The van der Waals surface area contributed by atoms with Gasteiger partial charge < -0.3 is 15.0 Å². The Morgan fingerprint density at radius 2 is 2.11 bits per heavy atom. The molecule has 0 aliphatic carbocycles. The smallest absolute Gasteiger partial charge is 0.108 e. The van der Waals surface area contributed by atoms with Crippen molar-refractivity contribution in [1.29, 1.82) is 0 Å². The van der Waals surface area contributed by atoms with Gasteiger partial charge in [0.05, 0.1) is 5.69 Å². The van der Waals surface area contributed by atoms with Crippen molar-refractivity contribution in [2.75, 3.05) is 19.7 Å². The summed E-state index contributed by atoms with van der Waals surface area (Å²) in [5, 5.41) is 12.7. The minimum atomic E-state index is 0.307. The van der Waals surface area contributed by atoms with E-state index in [1.807, 2.05) is 0 Å². The Labute approximate surface area is 108 Å². The summed E-state index contributed by atoms with van der Waals surface area (Å²) in [4.78, 5) is 4.77. The van der Waals surface area contributed by atoms with E-state index in [1.165, 1.54) is 24.4 Å². The van der Waals surface area contributed by atoms with Crippen LogP contribution in [0.15, 0.2) is 6.20 Å². The van der Waals surface area contributed by atoms with E-state index in [-0.39, 0.29) is 0 Å². The van der Waals surface area contributed by atoms with E-state index in [0.717, 1.165) is 44.8 Å². The van der Waals surface area contributed by atoms with Crippen molar-refractivity contribution >= 4 is 0 Å². The van der Waals surface area contributed by atoms with Crippen molar-refractivity contribution in [3.63, 3.8) is 0 Å². The molecule has 4 heteroatoms. The Morgan fingerprint density at radius 3 is 2.89 bits per heavy atom. The van der Waals surface area contributed by atoms with Crippen LogP contribution in [-0.4, -0.2) is 34.4 Å². The second-order valence-electron chi connectivity index (χ2n) is 5.79. The molecule has 1 unspecified atom stereocenters. The third-order valence-corrected chi connectivity index (χ3v) is 4.35. The molecule has 0 amide bonds. The number of aliphatic hydroxyl groups is 1. The maximum atomic E-state index is 9.24. The lowest BCUT2D eigenvalue weighted by Crippen LogP contribution is -2.28. The summed E-state index contributed by atoms with van der Waals surface area (Å²) in [5.41, 5.74) is 1.26. The molecule has 18 heavy (non-hydrogen) atoms. The van der Waals surface area contributed by atoms with Crippen LogP contribution in [0.2, 0.25) is 0 Å². The van der Waals surface area contributed by atoms with Gasteiger partial charge in [0.15, 0.2) is 0 Å². The number of aliphatic hydroxyl groups excluding tert-OH is 1. The highest BCUT2D eigenvalue weighted by atomic mass is 16.3. The summed E-state index contributed by atoms with van der Waals surface area (Å²) in [6.07, 6.45) is 8.02. The molecule has 1 aromatic rings. The molecular weight excluding hydrogens is 226 g/mol. The lowest BCUT2D eigenvalue weighted by atomic mass is 9.93. The quantitative estimate of drug-likeness (QED) is 0.839. The number of imidazole rings is 1. The van der Waals surface area contributed by atoms with Crippen LogP contribution < -0.4 is 5.32 Å². The molecular formula is C14H23N3O. The Hall–Kier alpha value is -0.870. The van der Waals surface area contributed by atoms with E-state index in [1.54, 1.807) is 0 Å². The van der Waals surface area contributed by atoms with Gasteiger partial charge in [-0.1, -0.05) is 0 Å². The zero-order chi connectivity index (χ0) is 12.4. The van der Waals surface area contributed by atoms with Gasteiger partial charge in [-0.15, -0.1) is 0 Å². The molecule has 1 fully saturated rings. The lowest BCUT2D eigenvalue weighted by molar-refractivity contribution is 0.190. The van der Waals surface area contributed by atoms with Gasteiger partial charge in [-0.3, -0.25) is 0 Å². The van der Waals surface area contributed by atoms with Gasteiger partial charge in [0.2, 0.25) is 0 Å². The van der Waals surface area contributed by atoms with E-state index in [2.05, 4.69) is 16.1 Å². The number of rotatable bonds is 3. The van der Waals surface area contributed by atoms with Crippen molar-refractivity contribution < 1.29 is 5.11 Å². The first kappa shape index (κ1) is 12.2. The highest BCUT2D eigenvalue weighted by molar-refractivity contribution is 5.08. The average Bonchev–Trinajstić information content (AvgIpc) is 2.80. The van der Waals surface area contributed by atoms with Gasteiger partial charge in [0.25, 0.3) is 0 Å². The fraction of sp³-hybridized carbons (Fsp3) is 0.786. The minimum absolute atomic E-state index is 0.307. The maximum absolute atomic E-state index is 9.24. The molecule has 100 valence electrons. The Balaban J connectivity index is 1.65. The van der Waals surface area contributed by atoms with Crippen LogP contribution in [0.4, 0.5) is 0 Å². The maximum Gasteiger partial charge on any atom is 0.108 e. The van der Waals surface area contributed by atoms with Gasteiger partial charge in [0.1, 0.15) is 5.82 Å². The topological polar surface area (TPSA) is 50.1 Å². The predicted molar refractivity (Wildman–Crippen MR) is 70.4 cm³/mol. The zero-order valence-corrected chi connectivity index (χ0v) is 10.9. The second-order valence-corrected chi connectivity index (χ2v) is 5.79. The van der Waals surface area contributed by atoms with Crippen LogP contribution in [0.3, 0.4) is 0 Å². The van der Waals surface area contributed by atoms with Crippen LogP contribution in [0, 0.1) is 11.8 Å².